The summed E-state index contributed by atoms with van der Waals surface area (Å²) < 4.78 is 16.7. The monoisotopic (exact) mass is 755 g/mol. The lowest BCUT2D eigenvalue weighted by Gasteiger charge is -2.32. The number of thiazole rings is 1. The van der Waals surface area contributed by atoms with E-state index in [1.54, 1.807) is 29.5 Å². The number of benzene rings is 2. The molecule has 2 aromatic carbocycles. The number of likely N-dealkylation sites (tertiary alicyclic amines) is 1. The predicted octanol–water partition coefficient (Wildman–Crippen LogP) is 8.92. The molecule has 2 aliphatic carbocycles. The predicted molar refractivity (Wildman–Crippen MR) is 205 cm³/mol. The average molecular weight is 757 g/mol. The maximum absolute atomic E-state index is 16.7. The molecule has 12 heteroatoms. The van der Waals surface area contributed by atoms with Crippen molar-refractivity contribution in [3.05, 3.63) is 74.2 Å². The number of amides is 1. The first-order valence-electron chi connectivity index (χ1n) is 18.4. The number of pyridine rings is 1. The highest BCUT2D eigenvalue weighted by Crippen LogP contribution is 2.49. The number of hydrogen-bond donors (Lipinski definition) is 2. The summed E-state index contributed by atoms with van der Waals surface area (Å²) in [5.74, 6) is 1.14. The first-order chi connectivity index (χ1) is 25.2. The largest absolute Gasteiger partial charge is 0.356 e. The number of anilines is 1. The molecule has 2 N–H and O–H groups in total. The summed E-state index contributed by atoms with van der Waals surface area (Å²) in [6.07, 6.45) is 6.32. The van der Waals surface area contributed by atoms with E-state index >= 15 is 4.39 Å². The lowest BCUT2D eigenvalue weighted by atomic mass is 9.87. The Kier molecular flexibility index (Phi) is 8.69. The van der Waals surface area contributed by atoms with Crippen molar-refractivity contribution in [2.75, 3.05) is 24.5 Å². The molecule has 8 nitrogen and oxygen atoms in total. The highest BCUT2D eigenvalue weighted by atomic mass is 35.5. The van der Waals surface area contributed by atoms with Crippen LogP contribution in [-0.2, 0) is 11.2 Å². The number of aryl methyl sites for hydroxylation is 3. The van der Waals surface area contributed by atoms with Crippen LogP contribution < -0.4 is 10.2 Å². The van der Waals surface area contributed by atoms with Crippen LogP contribution in [0.15, 0.2) is 35.7 Å². The molecule has 4 aliphatic heterocycles. The number of aromatic amines is 1. The van der Waals surface area contributed by atoms with Crippen LogP contribution in [-0.4, -0.2) is 57.5 Å². The second-order valence-corrected chi connectivity index (χ2v) is 16.9. The Morgan fingerprint density at radius 3 is 2.62 bits per heavy atom. The number of carbonyl (C=O) groups excluding carboxylic acids is 1. The molecule has 5 aromatic rings. The maximum Gasteiger partial charge on any atom is 0.226 e. The molecule has 268 valence electrons. The van der Waals surface area contributed by atoms with E-state index in [-0.39, 0.29) is 46.8 Å². The van der Waals surface area contributed by atoms with Gasteiger partial charge in [-0.2, -0.15) is 5.26 Å². The lowest BCUT2D eigenvalue weighted by Crippen LogP contribution is -2.44. The molecule has 6 aliphatic rings. The summed E-state index contributed by atoms with van der Waals surface area (Å²) in [5, 5.41) is 18.0. The molecule has 0 radical (unpaired) electrons. The zero-order valence-electron chi connectivity index (χ0n) is 29.2. The van der Waals surface area contributed by atoms with Crippen LogP contribution in [0.25, 0.3) is 32.9 Å². The number of H-pyrrole nitrogens is 1. The summed E-state index contributed by atoms with van der Waals surface area (Å²) in [6, 6.07) is 12.3. The van der Waals surface area contributed by atoms with Gasteiger partial charge in [0.05, 0.1) is 39.4 Å². The Bertz CT molecular complexity index is 2260. The van der Waals surface area contributed by atoms with Crippen molar-refractivity contribution in [2.24, 2.45) is 17.8 Å². The van der Waals surface area contributed by atoms with Crippen LogP contribution >= 0.6 is 34.5 Å². The second kappa shape index (κ2) is 13.3. The molecular weight excluding hydrogens is 716 g/mol. The van der Waals surface area contributed by atoms with Crippen LogP contribution in [0.5, 0.6) is 0 Å². The standard InChI is InChI=1S/C35H31Cl2FN6OS.C5H9N/c1-17-16-46-35(40-17)43-14-21-11-22(15-43)44(34(45)19-8-9-19)33(21)27-13-24-18(2)41-32-25(31(24)42-27)12-20(5-4-10-39)28(30(32)38)23-6-3-7-26(36)29(23)37;1-4-2-5(1)6-3-4/h3,6-7,12-13,16,19,21-22,33,42H,4-5,8-9,11,14-15H2,1-2H3;4-6H,1-3H2. The van der Waals surface area contributed by atoms with E-state index in [2.05, 4.69) is 37.6 Å². The van der Waals surface area contributed by atoms with Gasteiger partial charge >= 0.3 is 0 Å². The molecule has 4 bridgehead atoms. The van der Waals surface area contributed by atoms with Gasteiger partial charge in [0.2, 0.25) is 5.91 Å². The molecule has 7 heterocycles. The third kappa shape index (κ3) is 5.85. The van der Waals surface area contributed by atoms with E-state index in [4.69, 9.17) is 33.2 Å². The molecule has 3 unspecified atom stereocenters. The zero-order chi connectivity index (χ0) is 35.8. The highest BCUT2D eigenvalue weighted by molar-refractivity contribution is 7.13. The minimum Gasteiger partial charge on any atom is -0.356 e. The molecule has 11 rings (SSSR count). The first-order valence-corrected chi connectivity index (χ1v) is 20.0. The van der Waals surface area contributed by atoms with Crippen LogP contribution in [0, 0.1) is 48.7 Å². The van der Waals surface area contributed by atoms with E-state index in [1.807, 2.05) is 19.9 Å². The van der Waals surface area contributed by atoms with Crippen molar-refractivity contribution < 1.29 is 9.18 Å². The van der Waals surface area contributed by atoms with Crippen molar-refractivity contribution in [1.29, 1.82) is 5.26 Å². The number of piperidine rings is 1. The summed E-state index contributed by atoms with van der Waals surface area (Å²) >= 11 is 14.6. The van der Waals surface area contributed by atoms with Crippen molar-refractivity contribution in [3.8, 4) is 17.2 Å². The van der Waals surface area contributed by atoms with E-state index in [1.165, 1.54) is 19.4 Å². The summed E-state index contributed by atoms with van der Waals surface area (Å²) in [6.45, 7) is 6.79. The Hall–Kier alpha value is -3.75. The van der Waals surface area contributed by atoms with Crippen molar-refractivity contribution in [2.45, 2.75) is 76.9 Å². The third-order valence-electron chi connectivity index (χ3n) is 11.7. The zero-order valence-corrected chi connectivity index (χ0v) is 31.5. The third-order valence-corrected chi connectivity index (χ3v) is 13.6. The van der Waals surface area contributed by atoms with E-state index < -0.39 is 5.82 Å². The summed E-state index contributed by atoms with van der Waals surface area (Å²) in [5.41, 5.74) is 5.11. The molecular formula is C40H40Cl2FN7OS. The fraction of sp³-hybridized carbons (Fsp3) is 0.450. The van der Waals surface area contributed by atoms with Crippen LogP contribution in [0.1, 0.15) is 67.2 Å². The Balaban J connectivity index is 0.000000539. The smallest absolute Gasteiger partial charge is 0.226 e. The normalized spacial score (nSPS) is 24.6. The quantitative estimate of drug-likeness (QED) is 0.180. The number of carbonyl (C=O) groups is 1. The maximum atomic E-state index is 16.7. The molecule has 3 aromatic heterocycles. The second-order valence-electron chi connectivity index (χ2n) is 15.3. The van der Waals surface area contributed by atoms with E-state index in [0.717, 1.165) is 71.7 Å². The molecule has 3 atom stereocenters. The molecule has 0 spiro atoms. The van der Waals surface area contributed by atoms with Gasteiger partial charge in [-0.05, 0) is 88.6 Å². The molecule has 52 heavy (non-hydrogen) atoms. The highest BCUT2D eigenvalue weighted by Gasteiger charge is 2.52. The van der Waals surface area contributed by atoms with Gasteiger partial charge in [-0.1, -0.05) is 35.3 Å². The Labute approximate surface area is 316 Å². The lowest BCUT2D eigenvalue weighted by molar-refractivity contribution is -0.135. The van der Waals surface area contributed by atoms with Gasteiger partial charge in [0.15, 0.2) is 10.9 Å². The molecule has 4 saturated heterocycles. The molecule has 1 amide bonds. The van der Waals surface area contributed by atoms with Crippen molar-refractivity contribution >= 4 is 67.4 Å². The number of hydrogen-bond acceptors (Lipinski definition) is 7. The van der Waals surface area contributed by atoms with Crippen molar-refractivity contribution in [3.63, 3.8) is 0 Å². The van der Waals surface area contributed by atoms with Gasteiger partial charge in [-0.15, -0.1) is 11.3 Å². The summed E-state index contributed by atoms with van der Waals surface area (Å²) in [7, 11) is 0. The van der Waals surface area contributed by atoms with Crippen LogP contribution in [0.2, 0.25) is 10.0 Å². The van der Waals surface area contributed by atoms with Gasteiger partial charge in [0.1, 0.15) is 5.52 Å². The van der Waals surface area contributed by atoms with Crippen molar-refractivity contribution in [1.82, 2.24) is 25.2 Å². The number of fused-ring (bicyclic) bond motifs is 6. The number of nitrogens with zero attached hydrogens (tertiary/aromatic N) is 5. The van der Waals surface area contributed by atoms with Crippen LogP contribution in [0.4, 0.5) is 9.52 Å². The SMILES string of the molecule is C1NC2CC1C2.Cc1csc(N2CC3CC(C2)N(C(=O)C2CC2)C3c2cc3c(C)nc4c(F)c(-c5cccc(Cl)c5Cl)c(CCC#N)cc4c3[nH]2)n1. The number of nitriles is 1. The first kappa shape index (κ1) is 34.0. The fourth-order valence-electron chi connectivity index (χ4n) is 9.03. The van der Waals surface area contributed by atoms with Gasteiger partial charge in [0.25, 0.3) is 0 Å². The number of nitrogens with one attached hydrogen (secondary N) is 2. The Morgan fingerprint density at radius 1 is 1.12 bits per heavy atom. The van der Waals surface area contributed by atoms with E-state index in [0.29, 0.717) is 39.2 Å². The molecule has 2 saturated carbocycles. The number of aromatic nitrogens is 3. The van der Waals surface area contributed by atoms with Gasteiger partial charge in [-0.25, -0.2) is 14.4 Å². The van der Waals surface area contributed by atoms with E-state index in [9.17, 15) is 10.1 Å². The van der Waals surface area contributed by atoms with Gasteiger partial charge in [0, 0.05) is 76.1 Å². The van der Waals surface area contributed by atoms with Crippen LogP contribution in [0.3, 0.4) is 0 Å². The average Bonchev–Trinajstić information content (AvgIpc) is 3.55. The minimum absolute atomic E-state index is 0.0968. The van der Waals surface area contributed by atoms with Gasteiger partial charge < -0.3 is 20.1 Å². The number of rotatable bonds is 6. The summed E-state index contributed by atoms with van der Waals surface area (Å²) in [4.78, 5) is 31.6. The number of halogens is 3. The minimum atomic E-state index is -0.493. The topological polar surface area (TPSA) is 101 Å². The van der Waals surface area contributed by atoms with Gasteiger partial charge in [-0.3, -0.25) is 4.79 Å². The Morgan fingerprint density at radius 2 is 1.94 bits per heavy atom. The molecule has 6 fully saturated rings. The fourth-order valence-corrected chi connectivity index (χ4v) is 10.2.